The summed E-state index contributed by atoms with van der Waals surface area (Å²) in [6.07, 6.45) is 10.3. The van der Waals surface area contributed by atoms with Gasteiger partial charge in [0, 0.05) is 35.2 Å². The Labute approximate surface area is 175 Å². The molecule has 0 atom stereocenters. The summed E-state index contributed by atoms with van der Waals surface area (Å²) in [7, 11) is 0. The molecule has 4 rings (SSSR count). The molecule has 0 aliphatic heterocycles. The Morgan fingerprint density at radius 1 is 0.900 bits per heavy atom. The van der Waals surface area contributed by atoms with Crippen LogP contribution in [0.3, 0.4) is 0 Å². The van der Waals surface area contributed by atoms with E-state index in [2.05, 4.69) is 20.6 Å². The van der Waals surface area contributed by atoms with E-state index in [1.165, 1.54) is 37.8 Å². The fourth-order valence-electron chi connectivity index (χ4n) is 3.77. The first kappa shape index (κ1) is 20.0. The van der Waals surface area contributed by atoms with Crippen molar-refractivity contribution in [2.45, 2.75) is 44.6 Å². The van der Waals surface area contributed by atoms with E-state index in [1.54, 1.807) is 24.5 Å². The average molecular weight is 404 g/mol. The summed E-state index contributed by atoms with van der Waals surface area (Å²) < 4.78 is 13.4. The number of hydrogen-bond acceptors (Lipinski definition) is 4. The lowest BCUT2D eigenvalue weighted by molar-refractivity contribution is 0.0933. The number of carbonyl (C=O) groups is 1. The number of hydrogen-bond donors (Lipinski definition) is 2. The van der Waals surface area contributed by atoms with Gasteiger partial charge >= 0.3 is 0 Å². The predicted octanol–water partition coefficient (Wildman–Crippen LogP) is 5.48. The smallest absolute Gasteiger partial charge is 0.251 e. The summed E-state index contributed by atoms with van der Waals surface area (Å²) in [6.45, 7) is 0. The Morgan fingerprint density at radius 2 is 1.63 bits per heavy atom. The van der Waals surface area contributed by atoms with Crippen molar-refractivity contribution in [1.29, 1.82) is 0 Å². The van der Waals surface area contributed by atoms with Crippen molar-refractivity contribution in [2.24, 2.45) is 0 Å². The van der Waals surface area contributed by atoms with E-state index >= 15 is 0 Å². The maximum absolute atomic E-state index is 13.4. The van der Waals surface area contributed by atoms with Crippen molar-refractivity contribution in [2.75, 3.05) is 5.32 Å². The lowest BCUT2D eigenvalue weighted by Crippen LogP contribution is -2.34. The van der Waals surface area contributed by atoms with Gasteiger partial charge in [0.15, 0.2) is 0 Å². The van der Waals surface area contributed by atoms with Crippen molar-refractivity contribution >= 4 is 17.5 Å². The average Bonchev–Trinajstić information content (AvgIpc) is 3.03. The first-order valence-corrected chi connectivity index (χ1v) is 10.4. The Balaban J connectivity index is 1.42. The number of halogens is 1. The van der Waals surface area contributed by atoms with Gasteiger partial charge in [-0.3, -0.25) is 4.79 Å². The van der Waals surface area contributed by atoms with Gasteiger partial charge in [-0.25, -0.2) is 14.4 Å². The quantitative estimate of drug-likeness (QED) is 0.553. The molecular weight excluding hydrogens is 379 g/mol. The lowest BCUT2D eigenvalue weighted by Gasteiger charge is -2.16. The van der Waals surface area contributed by atoms with E-state index in [0.29, 0.717) is 11.5 Å². The molecule has 1 aliphatic rings. The van der Waals surface area contributed by atoms with Crippen LogP contribution in [0.25, 0.3) is 11.1 Å². The van der Waals surface area contributed by atoms with Gasteiger partial charge in [-0.15, -0.1) is 0 Å². The molecule has 1 amide bonds. The molecule has 1 aromatic heterocycles. The number of benzene rings is 2. The number of anilines is 2. The number of nitrogens with one attached hydrogen (secondary N) is 2. The minimum Gasteiger partial charge on any atom is -0.349 e. The molecule has 1 saturated carbocycles. The number of amides is 1. The topological polar surface area (TPSA) is 66.9 Å². The summed E-state index contributed by atoms with van der Waals surface area (Å²) in [4.78, 5) is 21.3. The zero-order chi connectivity index (χ0) is 20.8. The standard InChI is InChI=1S/C24H25FN4O/c25-20-9-5-7-17(13-20)19-15-26-24(27-16-19)29-22-12-6-8-18(14-22)23(30)28-21-10-3-1-2-4-11-21/h5-9,12-16,21H,1-4,10-11H2,(H,28,30)(H,26,27,29). The highest BCUT2D eigenvalue weighted by atomic mass is 19.1. The molecule has 1 heterocycles. The first-order valence-electron chi connectivity index (χ1n) is 10.4. The molecule has 5 nitrogen and oxygen atoms in total. The molecular formula is C24H25FN4O. The lowest BCUT2D eigenvalue weighted by atomic mass is 10.1. The molecule has 0 radical (unpaired) electrons. The monoisotopic (exact) mass is 404 g/mol. The fraction of sp³-hybridized carbons (Fsp3) is 0.292. The van der Waals surface area contributed by atoms with Crippen LogP contribution in [0.4, 0.5) is 16.0 Å². The highest BCUT2D eigenvalue weighted by Crippen LogP contribution is 2.21. The molecule has 154 valence electrons. The van der Waals surface area contributed by atoms with E-state index in [9.17, 15) is 9.18 Å². The summed E-state index contributed by atoms with van der Waals surface area (Å²) in [5.41, 5.74) is 2.80. The van der Waals surface area contributed by atoms with Gasteiger partial charge < -0.3 is 10.6 Å². The third-order valence-corrected chi connectivity index (χ3v) is 5.38. The molecule has 0 saturated heterocycles. The zero-order valence-electron chi connectivity index (χ0n) is 16.8. The van der Waals surface area contributed by atoms with Crippen molar-refractivity contribution < 1.29 is 9.18 Å². The van der Waals surface area contributed by atoms with Crippen LogP contribution in [0, 0.1) is 5.82 Å². The van der Waals surface area contributed by atoms with Crippen molar-refractivity contribution in [1.82, 2.24) is 15.3 Å². The number of aromatic nitrogens is 2. The van der Waals surface area contributed by atoms with Crippen LogP contribution >= 0.6 is 0 Å². The second-order valence-electron chi connectivity index (χ2n) is 7.67. The maximum Gasteiger partial charge on any atom is 0.251 e. The Bertz CT molecular complexity index is 998. The molecule has 3 aromatic rings. The maximum atomic E-state index is 13.4. The zero-order valence-corrected chi connectivity index (χ0v) is 16.8. The second-order valence-corrected chi connectivity index (χ2v) is 7.67. The van der Waals surface area contributed by atoms with Crippen LogP contribution in [0.5, 0.6) is 0 Å². The summed E-state index contributed by atoms with van der Waals surface area (Å²) in [5, 5.41) is 6.29. The number of carbonyl (C=O) groups excluding carboxylic acids is 1. The third-order valence-electron chi connectivity index (χ3n) is 5.38. The van der Waals surface area contributed by atoms with Crippen molar-refractivity contribution in [3.8, 4) is 11.1 Å². The van der Waals surface area contributed by atoms with Crippen LogP contribution in [0.1, 0.15) is 48.9 Å². The summed E-state index contributed by atoms with van der Waals surface area (Å²) in [6, 6.07) is 13.9. The van der Waals surface area contributed by atoms with E-state index in [4.69, 9.17) is 0 Å². The van der Waals surface area contributed by atoms with Crippen LogP contribution in [-0.2, 0) is 0 Å². The molecule has 1 aliphatic carbocycles. The third kappa shape index (κ3) is 5.20. The number of nitrogens with zero attached hydrogens (tertiary/aromatic N) is 2. The van der Waals surface area contributed by atoms with Gasteiger partial charge in [0.1, 0.15) is 5.82 Å². The predicted molar refractivity (Wildman–Crippen MR) is 116 cm³/mol. The van der Waals surface area contributed by atoms with Crippen LogP contribution in [-0.4, -0.2) is 21.9 Å². The highest BCUT2D eigenvalue weighted by molar-refractivity contribution is 5.95. The van der Waals surface area contributed by atoms with Crippen LogP contribution in [0.2, 0.25) is 0 Å². The summed E-state index contributed by atoms with van der Waals surface area (Å²) >= 11 is 0. The molecule has 0 spiro atoms. The van der Waals surface area contributed by atoms with Crippen LogP contribution < -0.4 is 10.6 Å². The van der Waals surface area contributed by atoms with E-state index in [-0.39, 0.29) is 17.8 Å². The van der Waals surface area contributed by atoms with Gasteiger partial charge in [0.05, 0.1) is 0 Å². The van der Waals surface area contributed by atoms with Gasteiger partial charge in [0.25, 0.3) is 5.91 Å². The van der Waals surface area contributed by atoms with Gasteiger partial charge in [-0.1, -0.05) is 43.9 Å². The Kier molecular flexibility index (Phi) is 6.32. The van der Waals surface area contributed by atoms with E-state index in [0.717, 1.165) is 29.7 Å². The Hall–Kier alpha value is -3.28. The van der Waals surface area contributed by atoms with Gasteiger partial charge in [-0.2, -0.15) is 0 Å². The minimum absolute atomic E-state index is 0.0482. The Morgan fingerprint density at radius 3 is 2.37 bits per heavy atom. The molecule has 2 N–H and O–H groups in total. The van der Waals surface area contributed by atoms with Crippen molar-refractivity contribution in [3.05, 3.63) is 72.3 Å². The normalized spacial score (nSPS) is 14.7. The number of rotatable bonds is 5. The largest absolute Gasteiger partial charge is 0.349 e. The highest BCUT2D eigenvalue weighted by Gasteiger charge is 2.16. The molecule has 30 heavy (non-hydrogen) atoms. The van der Waals surface area contributed by atoms with E-state index < -0.39 is 0 Å². The van der Waals surface area contributed by atoms with E-state index in [1.807, 2.05) is 24.3 Å². The second kappa shape index (κ2) is 9.48. The minimum atomic E-state index is -0.298. The molecule has 6 heteroatoms. The van der Waals surface area contributed by atoms with Crippen LogP contribution in [0.15, 0.2) is 60.9 Å². The summed E-state index contributed by atoms with van der Waals surface area (Å²) in [5.74, 6) is 0.0676. The SMILES string of the molecule is O=C(NC1CCCCCC1)c1cccc(Nc2ncc(-c3cccc(F)c3)cn2)c1. The van der Waals surface area contributed by atoms with Gasteiger partial charge in [0.2, 0.25) is 5.95 Å². The fourth-order valence-corrected chi connectivity index (χ4v) is 3.77. The molecule has 1 fully saturated rings. The molecule has 0 bridgehead atoms. The molecule has 0 unspecified atom stereocenters. The molecule has 2 aromatic carbocycles. The van der Waals surface area contributed by atoms with Crippen molar-refractivity contribution in [3.63, 3.8) is 0 Å². The first-order chi connectivity index (χ1) is 14.7. The van der Waals surface area contributed by atoms with Gasteiger partial charge in [-0.05, 0) is 48.7 Å².